The van der Waals surface area contributed by atoms with E-state index in [1.54, 1.807) is 6.92 Å². The Labute approximate surface area is 185 Å². The second-order valence-electron chi connectivity index (χ2n) is 10.6. The zero-order valence-corrected chi connectivity index (χ0v) is 19.5. The van der Waals surface area contributed by atoms with Crippen LogP contribution < -0.4 is 0 Å². The molecule has 7 atom stereocenters. The molecule has 0 radical (unpaired) electrons. The van der Waals surface area contributed by atoms with Crippen molar-refractivity contribution in [3.05, 3.63) is 23.8 Å². The third kappa shape index (κ3) is 5.58. The molecule has 2 N–H and O–H groups in total. The molecule has 2 aliphatic carbocycles. The molecule has 0 aromatic carbocycles. The molecule has 6 heteroatoms. The van der Waals surface area contributed by atoms with Gasteiger partial charge in [-0.3, -0.25) is 9.59 Å². The molecule has 0 aromatic rings. The number of aliphatic hydroxyl groups is 2. The molecule has 1 aliphatic heterocycles. The molecule has 174 valence electrons. The van der Waals surface area contributed by atoms with Crippen molar-refractivity contribution in [2.24, 2.45) is 23.2 Å². The van der Waals surface area contributed by atoms with Crippen LogP contribution in [0, 0.1) is 23.2 Å². The first-order valence-corrected chi connectivity index (χ1v) is 11.6. The molecule has 0 saturated carbocycles. The number of fused-ring (bicyclic) bond motifs is 1. The van der Waals surface area contributed by atoms with Crippen molar-refractivity contribution >= 4 is 11.9 Å². The molecule has 0 amide bonds. The number of carbonyl (C=O) groups excluding carboxylic acids is 2. The molecule has 3 rings (SSSR count). The van der Waals surface area contributed by atoms with Crippen LogP contribution in [0.2, 0.25) is 0 Å². The van der Waals surface area contributed by atoms with Gasteiger partial charge in [0.2, 0.25) is 0 Å². The summed E-state index contributed by atoms with van der Waals surface area (Å²) in [5.74, 6) is -0.144. The third-order valence-electron chi connectivity index (χ3n) is 7.36. The predicted molar refractivity (Wildman–Crippen MR) is 117 cm³/mol. The second kappa shape index (κ2) is 9.07. The number of ether oxygens (including phenoxy) is 2. The Kier molecular flexibility index (Phi) is 7.02. The Morgan fingerprint density at radius 1 is 1.35 bits per heavy atom. The number of hydrogen-bond acceptors (Lipinski definition) is 6. The SMILES string of the molecule is CCC(C)(C)C(=O)O[C@@H]1C[C@](C)(O)C=C2C=C[C@H](C)[C@H](CC[C@@H]3C[C@@H](O)CC(=O)O3)[C@H]21. The summed E-state index contributed by atoms with van der Waals surface area (Å²) in [5.41, 5.74) is -0.608. The van der Waals surface area contributed by atoms with E-state index >= 15 is 0 Å². The lowest BCUT2D eigenvalue weighted by atomic mass is 9.64. The fraction of sp³-hybridized carbons (Fsp3) is 0.760. The number of cyclic esters (lactones) is 1. The summed E-state index contributed by atoms with van der Waals surface area (Å²) in [4.78, 5) is 24.6. The van der Waals surface area contributed by atoms with Crippen molar-refractivity contribution in [1.82, 2.24) is 0 Å². The number of allylic oxidation sites excluding steroid dienone is 2. The first kappa shape index (κ1) is 24.0. The Hall–Kier alpha value is -1.66. The van der Waals surface area contributed by atoms with Gasteiger partial charge in [0.15, 0.2) is 0 Å². The van der Waals surface area contributed by atoms with Gasteiger partial charge in [-0.25, -0.2) is 0 Å². The number of rotatable bonds is 6. The zero-order valence-electron chi connectivity index (χ0n) is 19.5. The molecule has 1 saturated heterocycles. The fourth-order valence-corrected chi connectivity index (χ4v) is 5.09. The average Bonchev–Trinajstić information content (AvgIpc) is 2.66. The molecule has 31 heavy (non-hydrogen) atoms. The normalized spacial score (nSPS) is 38.2. The molecule has 3 aliphatic rings. The Bertz CT molecular complexity index is 749. The minimum absolute atomic E-state index is 0.0129. The highest BCUT2D eigenvalue weighted by Gasteiger charge is 2.46. The van der Waals surface area contributed by atoms with Crippen LogP contribution >= 0.6 is 0 Å². The van der Waals surface area contributed by atoms with Crippen molar-refractivity contribution in [2.75, 3.05) is 0 Å². The van der Waals surface area contributed by atoms with E-state index in [0.717, 1.165) is 12.0 Å². The predicted octanol–water partition coefficient (Wildman–Crippen LogP) is 3.70. The van der Waals surface area contributed by atoms with Gasteiger partial charge in [0.05, 0.1) is 23.5 Å². The fourth-order valence-electron chi connectivity index (χ4n) is 5.09. The monoisotopic (exact) mass is 434 g/mol. The van der Waals surface area contributed by atoms with E-state index in [1.165, 1.54) is 0 Å². The van der Waals surface area contributed by atoms with Gasteiger partial charge >= 0.3 is 11.9 Å². The van der Waals surface area contributed by atoms with E-state index in [4.69, 9.17) is 9.47 Å². The molecule has 0 unspecified atom stereocenters. The van der Waals surface area contributed by atoms with Crippen LogP contribution in [0.5, 0.6) is 0 Å². The van der Waals surface area contributed by atoms with Crippen molar-refractivity contribution < 1.29 is 29.3 Å². The van der Waals surface area contributed by atoms with Crippen molar-refractivity contribution in [1.29, 1.82) is 0 Å². The molecule has 1 fully saturated rings. The highest BCUT2D eigenvalue weighted by atomic mass is 16.6. The Morgan fingerprint density at radius 2 is 2.06 bits per heavy atom. The van der Waals surface area contributed by atoms with E-state index in [1.807, 2.05) is 26.8 Å². The number of aliphatic hydroxyl groups excluding tert-OH is 1. The van der Waals surface area contributed by atoms with Gasteiger partial charge < -0.3 is 19.7 Å². The van der Waals surface area contributed by atoms with Crippen molar-refractivity contribution in [2.45, 2.75) is 97.1 Å². The van der Waals surface area contributed by atoms with Crippen molar-refractivity contribution in [3.8, 4) is 0 Å². The minimum atomic E-state index is -1.04. The lowest BCUT2D eigenvalue weighted by Crippen LogP contribution is -2.47. The van der Waals surface area contributed by atoms with Crippen LogP contribution in [0.1, 0.15) is 73.1 Å². The topological polar surface area (TPSA) is 93.1 Å². The molecule has 6 nitrogen and oxygen atoms in total. The number of esters is 2. The maximum Gasteiger partial charge on any atom is 0.311 e. The first-order valence-electron chi connectivity index (χ1n) is 11.6. The van der Waals surface area contributed by atoms with Gasteiger partial charge in [-0.1, -0.05) is 26.0 Å². The van der Waals surface area contributed by atoms with Crippen LogP contribution in [-0.4, -0.2) is 46.1 Å². The largest absolute Gasteiger partial charge is 0.462 e. The van der Waals surface area contributed by atoms with Gasteiger partial charge in [-0.05, 0) is 63.5 Å². The molecule has 0 bridgehead atoms. The highest BCUT2D eigenvalue weighted by molar-refractivity contribution is 5.76. The molecule has 1 heterocycles. The van der Waals surface area contributed by atoms with Gasteiger partial charge in [0.25, 0.3) is 0 Å². The van der Waals surface area contributed by atoms with E-state index in [-0.39, 0.29) is 42.2 Å². The van der Waals surface area contributed by atoms with Gasteiger partial charge in [-0.2, -0.15) is 0 Å². The van der Waals surface area contributed by atoms with Crippen LogP contribution in [0.4, 0.5) is 0 Å². The Balaban J connectivity index is 1.81. The van der Waals surface area contributed by atoms with Crippen LogP contribution in [0.15, 0.2) is 23.8 Å². The van der Waals surface area contributed by atoms with Gasteiger partial charge in [0.1, 0.15) is 12.2 Å². The maximum absolute atomic E-state index is 12.9. The molecular formula is C25H38O6. The summed E-state index contributed by atoms with van der Waals surface area (Å²) in [6, 6.07) is 0. The smallest absolute Gasteiger partial charge is 0.311 e. The summed E-state index contributed by atoms with van der Waals surface area (Å²) in [6.07, 6.45) is 7.77. The molecule has 0 aromatic heterocycles. The molecule has 0 spiro atoms. The lowest BCUT2D eigenvalue weighted by Gasteiger charge is -2.45. The Morgan fingerprint density at radius 3 is 2.71 bits per heavy atom. The van der Waals surface area contributed by atoms with E-state index < -0.39 is 23.2 Å². The quantitative estimate of drug-likeness (QED) is 0.619. The van der Waals surface area contributed by atoms with Crippen molar-refractivity contribution in [3.63, 3.8) is 0 Å². The molecular weight excluding hydrogens is 396 g/mol. The lowest BCUT2D eigenvalue weighted by molar-refractivity contribution is -0.168. The number of hydrogen-bond donors (Lipinski definition) is 2. The second-order valence-corrected chi connectivity index (χ2v) is 10.6. The van der Waals surface area contributed by atoms with Crippen LogP contribution in [0.3, 0.4) is 0 Å². The summed E-state index contributed by atoms with van der Waals surface area (Å²) < 4.78 is 11.5. The van der Waals surface area contributed by atoms with E-state index in [9.17, 15) is 19.8 Å². The summed E-state index contributed by atoms with van der Waals surface area (Å²) in [7, 11) is 0. The van der Waals surface area contributed by atoms with Gasteiger partial charge in [-0.15, -0.1) is 0 Å². The first-order chi connectivity index (χ1) is 14.4. The average molecular weight is 435 g/mol. The van der Waals surface area contributed by atoms with Crippen LogP contribution in [0.25, 0.3) is 0 Å². The number of carbonyl (C=O) groups is 2. The standard InChI is InChI=1S/C25H38O6/c1-6-24(3,4)23(28)31-20-14-25(5,29)13-16-8-7-15(2)19(22(16)20)10-9-18-11-17(26)12-21(27)30-18/h7-8,13,15,17-20,22,26,29H,6,9-12,14H2,1-5H3/t15-,17+,18+,19-,20+,22-,25+/m0/s1. The summed E-state index contributed by atoms with van der Waals surface area (Å²) >= 11 is 0. The van der Waals surface area contributed by atoms with Gasteiger partial charge in [0, 0.05) is 18.8 Å². The van der Waals surface area contributed by atoms with Crippen LogP contribution in [-0.2, 0) is 19.1 Å². The minimum Gasteiger partial charge on any atom is -0.462 e. The maximum atomic E-state index is 12.9. The highest BCUT2D eigenvalue weighted by Crippen LogP contribution is 2.46. The summed E-state index contributed by atoms with van der Waals surface area (Å²) in [6.45, 7) is 9.65. The summed E-state index contributed by atoms with van der Waals surface area (Å²) in [5, 5.41) is 20.7. The third-order valence-corrected chi connectivity index (χ3v) is 7.36. The van der Waals surface area contributed by atoms with E-state index in [2.05, 4.69) is 19.1 Å². The zero-order chi connectivity index (χ0) is 23.0. The van der Waals surface area contributed by atoms with E-state index in [0.29, 0.717) is 25.7 Å².